The summed E-state index contributed by atoms with van der Waals surface area (Å²) in [5, 5.41) is 17.3. The van der Waals surface area contributed by atoms with E-state index >= 15 is 0 Å². The summed E-state index contributed by atoms with van der Waals surface area (Å²) in [5.41, 5.74) is 0.602. The smallest absolute Gasteiger partial charge is 0.278 e. The van der Waals surface area contributed by atoms with Crippen molar-refractivity contribution in [3.8, 4) is 0 Å². The summed E-state index contributed by atoms with van der Waals surface area (Å²) in [7, 11) is 0. The lowest BCUT2D eigenvalue weighted by Crippen LogP contribution is -2.45. The van der Waals surface area contributed by atoms with Crippen molar-refractivity contribution in [2.45, 2.75) is 0 Å². The van der Waals surface area contributed by atoms with Crippen LogP contribution in [0.25, 0.3) is 0 Å². The molecule has 0 saturated carbocycles. The van der Waals surface area contributed by atoms with Gasteiger partial charge in [0.2, 0.25) is 0 Å². The van der Waals surface area contributed by atoms with Crippen molar-refractivity contribution in [3.63, 3.8) is 0 Å². The Morgan fingerprint density at radius 1 is 1.09 bits per heavy atom. The van der Waals surface area contributed by atoms with E-state index in [-0.39, 0.29) is 10.6 Å². The first-order valence-electron chi connectivity index (χ1n) is 7.48. The molecule has 1 aliphatic heterocycles. The molecule has 1 fully saturated rings. The van der Waals surface area contributed by atoms with Crippen molar-refractivity contribution in [2.75, 3.05) is 31.1 Å². The average Bonchev–Trinajstić information content (AvgIpc) is 2.61. The summed E-state index contributed by atoms with van der Waals surface area (Å²) in [6, 6.07) is 12.6. The third-order valence-electron chi connectivity index (χ3n) is 3.78. The van der Waals surface area contributed by atoms with Gasteiger partial charge in [-0.2, -0.15) is 5.10 Å². The van der Waals surface area contributed by atoms with Crippen LogP contribution < -0.4 is 9.88 Å². The van der Waals surface area contributed by atoms with Gasteiger partial charge in [-0.1, -0.05) is 18.2 Å². The number of nitrogens with one attached hydrogen (secondary N) is 1. The number of nitrogens with zero attached hydrogens (tertiary/aromatic N) is 4. The highest BCUT2D eigenvalue weighted by atomic mass is 16.6. The molecule has 23 heavy (non-hydrogen) atoms. The second kappa shape index (κ2) is 6.87. The zero-order valence-electron chi connectivity index (χ0n) is 12.6. The normalized spacial score (nSPS) is 15.1. The van der Waals surface area contributed by atoms with Crippen LogP contribution in [0.4, 0.5) is 11.5 Å². The Morgan fingerprint density at radius 2 is 1.83 bits per heavy atom. The molecule has 2 heterocycles. The molecule has 0 amide bonds. The fraction of sp³-hybridized carbons (Fsp3) is 0.250. The summed E-state index contributed by atoms with van der Waals surface area (Å²) < 4.78 is 0. The maximum absolute atomic E-state index is 11.0. The first-order valence-corrected chi connectivity index (χ1v) is 7.48. The molecule has 118 valence electrons. The molecule has 0 unspecified atom stereocenters. The molecular formula is C16H18N5O2+. The quantitative estimate of drug-likeness (QED) is 0.488. The van der Waals surface area contributed by atoms with Crippen LogP contribution in [0.1, 0.15) is 5.56 Å². The number of rotatable bonds is 4. The second-order valence-corrected chi connectivity index (χ2v) is 5.25. The van der Waals surface area contributed by atoms with E-state index in [4.69, 9.17) is 0 Å². The van der Waals surface area contributed by atoms with E-state index < -0.39 is 0 Å². The summed E-state index contributed by atoms with van der Waals surface area (Å²) in [6.07, 6.45) is 3.48. The molecule has 0 bridgehead atoms. The second-order valence-electron chi connectivity index (χ2n) is 5.25. The van der Waals surface area contributed by atoms with E-state index in [9.17, 15) is 10.1 Å². The zero-order chi connectivity index (χ0) is 16.1. The minimum absolute atomic E-state index is 0.0776. The summed E-state index contributed by atoms with van der Waals surface area (Å²) in [6.45, 7) is 3.27. The Bertz CT molecular complexity index is 697. The predicted octanol–water partition coefficient (Wildman–Crippen LogP) is 1.56. The van der Waals surface area contributed by atoms with Gasteiger partial charge in [0, 0.05) is 12.1 Å². The molecule has 1 aliphatic rings. The number of para-hydroxylation sites is 1. The van der Waals surface area contributed by atoms with Gasteiger partial charge < -0.3 is 0 Å². The number of pyridine rings is 1. The molecule has 1 aromatic heterocycles. The number of aromatic nitrogens is 1. The van der Waals surface area contributed by atoms with Gasteiger partial charge in [0.1, 0.15) is 13.1 Å². The number of nitro groups is 1. The highest BCUT2D eigenvalue weighted by molar-refractivity contribution is 5.84. The summed E-state index contributed by atoms with van der Waals surface area (Å²) in [5.74, 6) is 1.09. The number of benzene rings is 1. The lowest BCUT2D eigenvalue weighted by atomic mass is 10.2. The minimum atomic E-state index is -0.384. The first kappa shape index (κ1) is 15.0. The van der Waals surface area contributed by atoms with E-state index in [1.54, 1.807) is 24.4 Å². The van der Waals surface area contributed by atoms with Crippen molar-refractivity contribution in [1.29, 1.82) is 0 Å². The fourth-order valence-electron chi connectivity index (χ4n) is 2.54. The van der Waals surface area contributed by atoms with Gasteiger partial charge in [-0.05, 0) is 12.1 Å². The standard InChI is InChI=1S/C16H17N5O2/c22-21(23)15-6-2-1-5-14(15)13-18-20-11-9-19(10-12-20)16-7-3-4-8-17-16/h1-8,13H,9-12H2/p+1/b18-13-. The molecule has 0 radical (unpaired) electrons. The van der Waals surface area contributed by atoms with E-state index in [1.165, 1.54) is 6.07 Å². The number of H-pyrrole nitrogens is 1. The molecule has 1 aromatic carbocycles. The van der Waals surface area contributed by atoms with Crippen molar-refractivity contribution < 1.29 is 9.91 Å². The average molecular weight is 312 g/mol. The number of hydrogen-bond donors (Lipinski definition) is 0. The van der Waals surface area contributed by atoms with Crippen LogP contribution >= 0.6 is 0 Å². The van der Waals surface area contributed by atoms with Gasteiger partial charge in [0.25, 0.3) is 11.5 Å². The molecular weight excluding hydrogens is 294 g/mol. The van der Waals surface area contributed by atoms with Crippen LogP contribution in [0, 0.1) is 10.1 Å². The predicted molar refractivity (Wildman–Crippen MR) is 87.5 cm³/mol. The molecule has 3 rings (SSSR count). The molecule has 1 N–H and O–H groups in total. The monoisotopic (exact) mass is 312 g/mol. The number of piperazine rings is 1. The van der Waals surface area contributed by atoms with Gasteiger partial charge in [0.15, 0.2) is 0 Å². The largest absolute Gasteiger partial charge is 0.289 e. The van der Waals surface area contributed by atoms with Crippen LogP contribution in [0.15, 0.2) is 53.8 Å². The van der Waals surface area contributed by atoms with Gasteiger partial charge in [-0.3, -0.25) is 20.0 Å². The lowest BCUT2D eigenvalue weighted by Gasteiger charge is -2.28. The maximum atomic E-state index is 11.0. The van der Waals surface area contributed by atoms with Crippen molar-refractivity contribution in [3.05, 3.63) is 64.3 Å². The highest BCUT2D eigenvalue weighted by Gasteiger charge is 2.22. The molecule has 0 spiro atoms. The van der Waals surface area contributed by atoms with E-state index in [2.05, 4.69) is 15.0 Å². The topological polar surface area (TPSA) is 76.1 Å². The number of aromatic amines is 1. The maximum Gasteiger partial charge on any atom is 0.278 e. The number of anilines is 1. The molecule has 0 atom stereocenters. The molecule has 0 aliphatic carbocycles. The van der Waals surface area contributed by atoms with E-state index in [1.807, 2.05) is 29.4 Å². The van der Waals surface area contributed by atoms with Crippen LogP contribution in [-0.4, -0.2) is 42.3 Å². The summed E-state index contributed by atoms with van der Waals surface area (Å²) >= 11 is 0. The molecule has 1 saturated heterocycles. The zero-order valence-corrected chi connectivity index (χ0v) is 12.6. The Hall–Kier alpha value is -2.96. The lowest BCUT2D eigenvalue weighted by molar-refractivity contribution is -0.385. The van der Waals surface area contributed by atoms with Crippen LogP contribution in [-0.2, 0) is 0 Å². The van der Waals surface area contributed by atoms with Crippen LogP contribution in [0.5, 0.6) is 0 Å². The van der Waals surface area contributed by atoms with Crippen molar-refractivity contribution >= 4 is 17.7 Å². The molecule has 2 aromatic rings. The van der Waals surface area contributed by atoms with Crippen LogP contribution in [0.3, 0.4) is 0 Å². The van der Waals surface area contributed by atoms with Gasteiger partial charge in [-0.15, -0.1) is 0 Å². The SMILES string of the molecule is O=[N+]([O-])c1ccccc1/C=N\N1CCN(c2cccc[nH+]2)CC1. The van der Waals surface area contributed by atoms with E-state index in [0.29, 0.717) is 5.56 Å². The van der Waals surface area contributed by atoms with Crippen molar-refractivity contribution in [1.82, 2.24) is 5.01 Å². The fourth-order valence-corrected chi connectivity index (χ4v) is 2.54. The van der Waals surface area contributed by atoms with Gasteiger partial charge >= 0.3 is 0 Å². The Morgan fingerprint density at radius 3 is 2.52 bits per heavy atom. The molecule has 7 nitrogen and oxygen atoms in total. The Balaban J connectivity index is 1.62. The Kier molecular flexibility index (Phi) is 4.46. The van der Waals surface area contributed by atoms with Gasteiger partial charge in [-0.25, -0.2) is 4.98 Å². The Labute approximate surface area is 134 Å². The highest BCUT2D eigenvalue weighted by Crippen LogP contribution is 2.16. The van der Waals surface area contributed by atoms with Gasteiger partial charge in [0.05, 0.1) is 36.0 Å². The minimum Gasteiger partial charge on any atom is -0.289 e. The number of hydrazone groups is 1. The number of hydrogen-bond acceptors (Lipinski definition) is 5. The number of nitro benzene ring substituents is 1. The van der Waals surface area contributed by atoms with E-state index in [0.717, 1.165) is 32.0 Å². The third-order valence-corrected chi connectivity index (χ3v) is 3.78. The third kappa shape index (κ3) is 3.63. The van der Waals surface area contributed by atoms with Crippen molar-refractivity contribution in [2.24, 2.45) is 5.10 Å². The first-order chi connectivity index (χ1) is 11.2. The molecule has 7 heteroatoms. The van der Waals surface area contributed by atoms with Crippen LogP contribution in [0.2, 0.25) is 0 Å². The summed E-state index contributed by atoms with van der Waals surface area (Å²) in [4.78, 5) is 16.1.